The van der Waals surface area contributed by atoms with Crippen LogP contribution in [0.25, 0.3) is 0 Å². The molecule has 0 aromatic rings. The Kier molecular flexibility index (Phi) is 4.30. The second-order valence-corrected chi connectivity index (χ2v) is 8.54. The fourth-order valence-electron chi connectivity index (χ4n) is 5.43. The molecule has 3 heteroatoms. The summed E-state index contributed by atoms with van der Waals surface area (Å²) in [6.45, 7) is 8.29. The van der Waals surface area contributed by atoms with Crippen LogP contribution in [-0.2, 0) is 14.3 Å². The molecule has 0 radical (unpaired) electrons. The molecule has 0 unspecified atom stereocenters. The van der Waals surface area contributed by atoms with Gasteiger partial charge in [0.2, 0.25) is 0 Å². The topological polar surface area (TPSA) is 35.5 Å². The smallest absolute Gasteiger partial charge is 0.313 e. The van der Waals surface area contributed by atoms with Crippen molar-refractivity contribution in [3.8, 4) is 0 Å². The Morgan fingerprint density at radius 2 is 1.59 bits per heavy atom. The van der Waals surface area contributed by atoms with Crippen molar-refractivity contribution in [1.82, 2.24) is 0 Å². The molecular weight excluding hydrogens is 276 g/mol. The molecule has 0 heterocycles. The minimum absolute atomic E-state index is 0.0238. The maximum atomic E-state index is 12.1. The molecule has 4 aliphatic carbocycles. The zero-order valence-corrected chi connectivity index (χ0v) is 14.7. The fourth-order valence-corrected chi connectivity index (χ4v) is 5.43. The van der Waals surface area contributed by atoms with Gasteiger partial charge in [0.25, 0.3) is 0 Å². The second-order valence-electron chi connectivity index (χ2n) is 8.54. The molecule has 0 aliphatic heterocycles. The summed E-state index contributed by atoms with van der Waals surface area (Å²) in [4.78, 5) is 12.1. The fraction of sp³-hybridized carbons (Fsp3) is 0.947. The maximum absolute atomic E-state index is 12.1. The second kappa shape index (κ2) is 5.81. The lowest BCUT2D eigenvalue weighted by molar-refractivity contribution is -0.242. The normalized spacial score (nSPS) is 40.0. The lowest BCUT2D eigenvalue weighted by Crippen LogP contribution is -2.59. The molecule has 0 aromatic heterocycles. The third-order valence-corrected chi connectivity index (χ3v) is 7.03. The summed E-state index contributed by atoms with van der Waals surface area (Å²) in [5.74, 6) is 3.11. The molecule has 3 nitrogen and oxygen atoms in total. The zero-order valence-electron chi connectivity index (χ0n) is 14.7. The SMILES string of the molecule is CCC(C)(C)C(=O)OCOC1(CC)C2CC3CC(C2)CC1C3. The van der Waals surface area contributed by atoms with Crippen molar-refractivity contribution in [3.05, 3.63) is 0 Å². The van der Waals surface area contributed by atoms with Gasteiger partial charge in [-0.15, -0.1) is 0 Å². The van der Waals surface area contributed by atoms with Crippen LogP contribution in [0.2, 0.25) is 0 Å². The molecule has 0 spiro atoms. The van der Waals surface area contributed by atoms with E-state index in [0.717, 1.165) is 24.7 Å². The Balaban J connectivity index is 1.62. The number of carbonyl (C=O) groups is 1. The quantitative estimate of drug-likeness (QED) is 0.533. The summed E-state index contributed by atoms with van der Waals surface area (Å²) in [5.41, 5.74) is -0.434. The third kappa shape index (κ3) is 2.60. The molecule has 0 amide bonds. The van der Waals surface area contributed by atoms with Gasteiger partial charge in [0.15, 0.2) is 6.79 Å². The highest BCUT2D eigenvalue weighted by Crippen LogP contribution is 2.60. The number of esters is 1. The first-order chi connectivity index (χ1) is 10.4. The van der Waals surface area contributed by atoms with E-state index in [1.54, 1.807) is 0 Å². The molecule has 4 rings (SSSR count). The molecule has 4 saturated carbocycles. The third-order valence-electron chi connectivity index (χ3n) is 7.03. The molecular formula is C19H32O3. The molecule has 0 N–H and O–H groups in total. The molecule has 22 heavy (non-hydrogen) atoms. The van der Waals surface area contributed by atoms with E-state index in [9.17, 15) is 4.79 Å². The van der Waals surface area contributed by atoms with Gasteiger partial charge in [-0.2, -0.15) is 0 Å². The van der Waals surface area contributed by atoms with Crippen LogP contribution < -0.4 is 0 Å². The Bertz CT molecular complexity index is 398. The highest BCUT2D eigenvalue weighted by molar-refractivity contribution is 5.75. The summed E-state index contributed by atoms with van der Waals surface area (Å²) >= 11 is 0. The lowest BCUT2D eigenvalue weighted by Gasteiger charge is -2.60. The van der Waals surface area contributed by atoms with Gasteiger partial charge in [0, 0.05) is 0 Å². The van der Waals surface area contributed by atoms with Gasteiger partial charge < -0.3 is 9.47 Å². The molecule has 4 fully saturated rings. The van der Waals surface area contributed by atoms with E-state index in [1.165, 1.54) is 32.1 Å². The summed E-state index contributed by atoms with van der Waals surface area (Å²) in [6, 6.07) is 0. The summed E-state index contributed by atoms with van der Waals surface area (Å²) in [5, 5.41) is 0. The average Bonchev–Trinajstić information content (AvgIpc) is 2.49. The van der Waals surface area contributed by atoms with Crippen molar-refractivity contribution < 1.29 is 14.3 Å². The Hall–Kier alpha value is -0.570. The van der Waals surface area contributed by atoms with Crippen molar-refractivity contribution in [2.45, 2.75) is 78.2 Å². The van der Waals surface area contributed by atoms with E-state index in [1.807, 2.05) is 20.8 Å². The molecule has 126 valence electrons. The molecule has 4 aliphatic rings. The zero-order chi connectivity index (χ0) is 16.0. The molecule has 0 aromatic carbocycles. The van der Waals surface area contributed by atoms with Crippen molar-refractivity contribution >= 4 is 5.97 Å². The first-order valence-electron chi connectivity index (χ1n) is 9.22. The van der Waals surface area contributed by atoms with Crippen LogP contribution >= 0.6 is 0 Å². The molecule has 4 bridgehead atoms. The van der Waals surface area contributed by atoms with Crippen LogP contribution in [0.15, 0.2) is 0 Å². The highest BCUT2D eigenvalue weighted by atomic mass is 16.7. The highest BCUT2D eigenvalue weighted by Gasteiger charge is 2.57. The first kappa shape index (κ1) is 16.3. The van der Waals surface area contributed by atoms with Crippen LogP contribution in [0.5, 0.6) is 0 Å². The van der Waals surface area contributed by atoms with Crippen LogP contribution in [0.4, 0.5) is 0 Å². The predicted octanol–water partition coefficient (Wildman–Crippen LogP) is 4.54. The first-order valence-corrected chi connectivity index (χ1v) is 9.22. The van der Waals surface area contributed by atoms with E-state index in [0.29, 0.717) is 11.8 Å². The standard InChI is InChI=1S/C19H32O3/c1-5-18(3,4)17(20)21-12-22-19(6-2)15-8-13-7-14(10-15)11-16(19)9-13/h13-16H,5-12H2,1-4H3. The van der Waals surface area contributed by atoms with Gasteiger partial charge in [-0.1, -0.05) is 13.8 Å². The van der Waals surface area contributed by atoms with Gasteiger partial charge in [-0.05, 0) is 82.5 Å². The summed E-state index contributed by atoms with van der Waals surface area (Å²) < 4.78 is 11.8. The monoisotopic (exact) mass is 308 g/mol. The lowest BCUT2D eigenvalue weighted by atomic mass is 9.49. The average molecular weight is 308 g/mol. The van der Waals surface area contributed by atoms with Crippen LogP contribution in [-0.4, -0.2) is 18.4 Å². The van der Waals surface area contributed by atoms with Gasteiger partial charge >= 0.3 is 5.97 Å². The largest absolute Gasteiger partial charge is 0.438 e. The van der Waals surface area contributed by atoms with E-state index in [-0.39, 0.29) is 18.4 Å². The van der Waals surface area contributed by atoms with Crippen molar-refractivity contribution in [2.75, 3.05) is 6.79 Å². The van der Waals surface area contributed by atoms with Gasteiger partial charge in [-0.25, -0.2) is 0 Å². The Morgan fingerprint density at radius 1 is 1.05 bits per heavy atom. The van der Waals surface area contributed by atoms with E-state index < -0.39 is 5.41 Å². The van der Waals surface area contributed by atoms with Crippen LogP contribution in [0.1, 0.15) is 72.6 Å². The van der Waals surface area contributed by atoms with Gasteiger partial charge in [0.1, 0.15) is 0 Å². The van der Waals surface area contributed by atoms with Crippen molar-refractivity contribution in [3.63, 3.8) is 0 Å². The number of hydrogen-bond acceptors (Lipinski definition) is 3. The minimum Gasteiger partial charge on any atom is -0.438 e. The number of ether oxygens (including phenoxy) is 2. The van der Waals surface area contributed by atoms with Gasteiger partial charge in [0.05, 0.1) is 11.0 Å². The Morgan fingerprint density at radius 3 is 2.05 bits per heavy atom. The van der Waals surface area contributed by atoms with Crippen LogP contribution in [0, 0.1) is 29.1 Å². The molecule has 0 atom stereocenters. The number of rotatable bonds is 6. The summed E-state index contributed by atoms with van der Waals surface area (Å²) in [7, 11) is 0. The summed E-state index contributed by atoms with van der Waals surface area (Å²) in [6.07, 6.45) is 8.61. The van der Waals surface area contributed by atoms with Gasteiger partial charge in [-0.3, -0.25) is 4.79 Å². The van der Waals surface area contributed by atoms with Crippen LogP contribution in [0.3, 0.4) is 0 Å². The minimum atomic E-state index is -0.410. The van der Waals surface area contributed by atoms with Crippen molar-refractivity contribution in [1.29, 1.82) is 0 Å². The molecule has 0 saturated heterocycles. The number of hydrogen-bond donors (Lipinski definition) is 0. The van der Waals surface area contributed by atoms with E-state index in [4.69, 9.17) is 9.47 Å². The van der Waals surface area contributed by atoms with E-state index in [2.05, 4.69) is 6.92 Å². The number of carbonyl (C=O) groups excluding carboxylic acids is 1. The maximum Gasteiger partial charge on any atom is 0.313 e. The van der Waals surface area contributed by atoms with E-state index >= 15 is 0 Å². The predicted molar refractivity (Wildman–Crippen MR) is 86.2 cm³/mol. The Labute approximate surface area is 135 Å². The van der Waals surface area contributed by atoms with Crippen molar-refractivity contribution in [2.24, 2.45) is 29.1 Å².